The van der Waals surface area contributed by atoms with Gasteiger partial charge in [-0.2, -0.15) is 0 Å². The van der Waals surface area contributed by atoms with Crippen LogP contribution in [0.1, 0.15) is 51.5 Å². The van der Waals surface area contributed by atoms with Crippen molar-refractivity contribution in [3.63, 3.8) is 0 Å². The fourth-order valence-electron chi connectivity index (χ4n) is 3.49. The molecule has 0 bridgehead atoms. The van der Waals surface area contributed by atoms with Crippen LogP contribution < -0.4 is 16.0 Å². The van der Waals surface area contributed by atoms with Crippen LogP contribution >= 0.6 is 0 Å². The summed E-state index contributed by atoms with van der Waals surface area (Å²) in [5, 5.41) is 19.1. The molecule has 1 aromatic rings. The predicted molar refractivity (Wildman–Crippen MR) is 124 cm³/mol. The topological polar surface area (TPSA) is 126 Å². The van der Waals surface area contributed by atoms with E-state index in [9.17, 15) is 19.5 Å². The van der Waals surface area contributed by atoms with Crippen molar-refractivity contribution in [2.75, 3.05) is 20.3 Å². The third-order valence-corrected chi connectivity index (χ3v) is 5.54. The zero-order chi connectivity index (χ0) is 24.4. The summed E-state index contributed by atoms with van der Waals surface area (Å²) in [5.74, 6) is -1.26. The Morgan fingerprint density at radius 2 is 1.70 bits per heavy atom. The average molecular weight is 464 g/mol. The van der Waals surface area contributed by atoms with Crippen molar-refractivity contribution < 1.29 is 29.0 Å². The number of carbonyl (C=O) groups is 3. The molecule has 2 rings (SSSR count). The van der Waals surface area contributed by atoms with Gasteiger partial charge in [-0.05, 0) is 30.7 Å². The van der Waals surface area contributed by atoms with Gasteiger partial charge in [0, 0.05) is 19.1 Å². The van der Waals surface area contributed by atoms with Crippen LogP contribution in [0.3, 0.4) is 0 Å². The van der Waals surface area contributed by atoms with E-state index in [1.165, 1.54) is 7.11 Å². The summed E-state index contributed by atoms with van der Waals surface area (Å²) in [7, 11) is 1.50. The van der Waals surface area contributed by atoms with Crippen LogP contribution in [0.15, 0.2) is 30.3 Å². The Kier molecular flexibility index (Phi) is 10.6. The maximum atomic E-state index is 13.2. The van der Waals surface area contributed by atoms with Crippen molar-refractivity contribution in [1.29, 1.82) is 0 Å². The van der Waals surface area contributed by atoms with Crippen molar-refractivity contribution in [1.82, 2.24) is 16.0 Å². The Morgan fingerprint density at radius 1 is 1.03 bits per heavy atom. The van der Waals surface area contributed by atoms with Gasteiger partial charge in [0.2, 0.25) is 5.91 Å². The number of nitrogens with one attached hydrogen (secondary N) is 3. The zero-order valence-corrected chi connectivity index (χ0v) is 19.9. The maximum Gasteiger partial charge on any atom is 0.407 e. The van der Waals surface area contributed by atoms with Crippen molar-refractivity contribution in [2.45, 2.75) is 70.2 Å². The van der Waals surface area contributed by atoms with E-state index in [2.05, 4.69) is 16.0 Å². The van der Waals surface area contributed by atoms with Crippen LogP contribution in [0.25, 0.3) is 0 Å². The van der Waals surface area contributed by atoms with Gasteiger partial charge in [-0.25, -0.2) is 4.79 Å². The molecule has 2 unspecified atom stereocenters. The highest BCUT2D eigenvalue weighted by molar-refractivity contribution is 5.87. The number of aliphatic hydroxyl groups excluding tert-OH is 1. The van der Waals surface area contributed by atoms with Gasteiger partial charge in [0.15, 0.2) is 6.10 Å². The van der Waals surface area contributed by atoms with Crippen LogP contribution in [-0.4, -0.2) is 67.6 Å². The standard InChI is InChI=1S/C24H37N3O6/c1-15(2)14-19(26-24(31)33-13-12-32-4)22(29)27-20(16(3)17-8-6-5-7-9-17)21(28)23(30)25-18-10-11-18/h5-9,15-16,18-21,28H,10-14H2,1-4H3,(H,25,30)(H,26,31)(H,27,29)/t16?,19-,20-,21?/m0/s1. The minimum Gasteiger partial charge on any atom is -0.447 e. The number of alkyl carbamates (subject to hydrolysis) is 1. The Labute approximate surface area is 195 Å². The monoisotopic (exact) mass is 463 g/mol. The van der Waals surface area contributed by atoms with Gasteiger partial charge in [-0.3, -0.25) is 9.59 Å². The molecule has 0 spiro atoms. The second kappa shape index (κ2) is 13.2. The molecule has 4 N–H and O–H groups in total. The molecule has 9 nitrogen and oxygen atoms in total. The van der Waals surface area contributed by atoms with E-state index in [1.54, 1.807) is 0 Å². The first-order chi connectivity index (χ1) is 15.7. The Balaban J connectivity index is 2.16. The minimum atomic E-state index is -1.45. The third-order valence-electron chi connectivity index (χ3n) is 5.54. The van der Waals surface area contributed by atoms with Gasteiger partial charge < -0.3 is 30.5 Å². The summed E-state index contributed by atoms with van der Waals surface area (Å²) >= 11 is 0. The molecule has 4 atom stereocenters. The van der Waals surface area contributed by atoms with Crippen LogP contribution in [-0.2, 0) is 19.1 Å². The molecular formula is C24H37N3O6. The van der Waals surface area contributed by atoms with Crippen LogP contribution in [0.5, 0.6) is 0 Å². The highest BCUT2D eigenvalue weighted by atomic mass is 16.6. The molecule has 0 aliphatic heterocycles. The van der Waals surface area contributed by atoms with Gasteiger partial charge in [0.05, 0.1) is 12.6 Å². The molecule has 1 aliphatic rings. The molecule has 33 heavy (non-hydrogen) atoms. The molecule has 1 saturated carbocycles. The maximum absolute atomic E-state index is 13.2. The first kappa shape index (κ1) is 26.6. The Morgan fingerprint density at radius 3 is 2.27 bits per heavy atom. The molecule has 0 radical (unpaired) electrons. The summed E-state index contributed by atoms with van der Waals surface area (Å²) in [6.07, 6.45) is -0.0438. The van der Waals surface area contributed by atoms with Gasteiger partial charge >= 0.3 is 6.09 Å². The second-order valence-corrected chi connectivity index (χ2v) is 8.92. The van der Waals surface area contributed by atoms with Crippen LogP contribution in [0.2, 0.25) is 0 Å². The number of methoxy groups -OCH3 is 1. The quantitative estimate of drug-likeness (QED) is 0.330. The molecule has 9 heteroatoms. The number of ether oxygens (including phenoxy) is 2. The molecule has 0 aromatic heterocycles. The summed E-state index contributed by atoms with van der Waals surface area (Å²) in [5.41, 5.74) is 0.869. The molecular weight excluding hydrogens is 426 g/mol. The Bertz CT molecular complexity index is 769. The minimum absolute atomic E-state index is 0.0616. The molecule has 1 aromatic carbocycles. The zero-order valence-electron chi connectivity index (χ0n) is 19.9. The largest absolute Gasteiger partial charge is 0.447 e. The lowest BCUT2D eigenvalue weighted by atomic mass is 9.88. The number of amides is 3. The van der Waals surface area contributed by atoms with Crippen molar-refractivity contribution in [3.05, 3.63) is 35.9 Å². The van der Waals surface area contributed by atoms with Gasteiger partial charge in [-0.15, -0.1) is 0 Å². The smallest absolute Gasteiger partial charge is 0.407 e. The summed E-state index contributed by atoms with van der Waals surface area (Å²) in [4.78, 5) is 38.0. The number of carbonyl (C=O) groups excluding carboxylic acids is 3. The van der Waals surface area contributed by atoms with Crippen LogP contribution in [0, 0.1) is 5.92 Å². The van der Waals surface area contributed by atoms with Gasteiger partial charge in [-0.1, -0.05) is 51.1 Å². The highest BCUT2D eigenvalue weighted by Gasteiger charge is 2.37. The van der Waals surface area contributed by atoms with E-state index >= 15 is 0 Å². The van der Waals surface area contributed by atoms with E-state index in [1.807, 2.05) is 51.1 Å². The molecule has 184 valence electrons. The van der Waals surface area contributed by atoms with Crippen molar-refractivity contribution in [3.8, 4) is 0 Å². The third kappa shape index (κ3) is 9.01. The Hall–Kier alpha value is -2.65. The number of benzene rings is 1. The number of rotatable bonds is 13. The average Bonchev–Trinajstić information content (AvgIpc) is 3.60. The second-order valence-electron chi connectivity index (χ2n) is 8.92. The van der Waals surface area contributed by atoms with E-state index < -0.39 is 36.1 Å². The molecule has 3 amide bonds. The fraction of sp³-hybridized carbons (Fsp3) is 0.625. The number of aliphatic hydroxyl groups is 1. The fourth-order valence-corrected chi connectivity index (χ4v) is 3.49. The first-order valence-corrected chi connectivity index (χ1v) is 11.5. The van der Waals surface area contributed by atoms with Crippen LogP contribution in [0.4, 0.5) is 4.79 Å². The lowest BCUT2D eigenvalue weighted by Gasteiger charge is -2.31. The van der Waals surface area contributed by atoms with Crippen molar-refractivity contribution >= 4 is 17.9 Å². The van der Waals surface area contributed by atoms with E-state index in [4.69, 9.17) is 9.47 Å². The number of hydrogen-bond acceptors (Lipinski definition) is 6. The highest BCUT2D eigenvalue weighted by Crippen LogP contribution is 2.24. The number of hydrogen-bond donors (Lipinski definition) is 4. The SMILES string of the molecule is COCCOC(=O)N[C@@H](CC(C)C)C(=O)N[C@H](C(O)C(=O)NC1CC1)C(C)c1ccccc1. The lowest BCUT2D eigenvalue weighted by Crippen LogP contribution is -2.57. The summed E-state index contributed by atoms with van der Waals surface area (Å²) in [6.45, 7) is 6.01. The summed E-state index contributed by atoms with van der Waals surface area (Å²) < 4.78 is 9.90. The van der Waals surface area contributed by atoms with E-state index in [0.29, 0.717) is 6.42 Å². The predicted octanol–water partition coefficient (Wildman–Crippen LogP) is 1.70. The molecule has 0 saturated heterocycles. The van der Waals surface area contributed by atoms with Gasteiger partial charge in [0.1, 0.15) is 12.6 Å². The lowest BCUT2D eigenvalue weighted by molar-refractivity contribution is -0.133. The van der Waals surface area contributed by atoms with E-state index in [0.717, 1.165) is 18.4 Å². The molecule has 0 heterocycles. The normalized spacial score (nSPS) is 16.9. The van der Waals surface area contributed by atoms with Crippen molar-refractivity contribution in [2.24, 2.45) is 5.92 Å². The van der Waals surface area contributed by atoms with Gasteiger partial charge in [0.25, 0.3) is 5.91 Å². The molecule has 1 aliphatic carbocycles. The summed E-state index contributed by atoms with van der Waals surface area (Å²) in [6, 6.07) is 7.66. The first-order valence-electron chi connectivity index (χ1n) is 11.5. The van der Waals surface area contributed by atoms with E-state index in [-0.39, 0.29) is 31.1 Å². The molecule has 1 fully saturated rings.